The molecule has 2 nitrogen and oxygen atoms in total. The Hall–Kier alpha value is -1.80. The zero-order chi connectivity index (χ0) is 14.7. The van der Waals surface area contributed by atoms with Crippen molar-refractivity contribution < 1.29 is 4.74 Å². The Morgan fingerprint density at radius 1 is 1.14 bits per heavy atom. The largest absolute Gasteiger partial charge is 0.493 e. The van der Waals surface area contributed by atoms with Crippen LogP contribution in [-0.2, 0) is 12.8 Å². The third-order valence-electron chi connectivity index (χ3n) is 4.37. The van der Waals surface area contributed by atoms with Crippen molar-refractivity contribution in [2.24, 2.45) is 0 Å². The van der Waals surface area contributed by atoms with Crippen LogP contribution in [0.3, 0.4) is 0 Å². The minimum Gasteiger partial charge on any atom is -0.493 e. The van der Waals surface area contributed by atoms with E-state index in [1.165, 1.54) is 16.7 Å². The Kier molecular flexibility index (Phi) is 4.26. The molecule has 0 saturated heterocycles. The fraction of sp³-hybridized carbons (Fsp3) is 0.368. The summed E-state index contributed by atoms with van der Waals surface area (Å²) in [7, 11) is 2.00. The van der Waals surface area contributed by atoms with Crippen LogP contribution in [0.2, 0.25) is 0 Å². The summed E-state index contributed by atoms with van der Waals surface area (Å²) in [6, 6.07) is 17.7. The minimum atomic E-state index is 0.503. The summed E-state index contributed by atoms with van der Waals surface area (Å²) < 4.78 is 5.94. The van der Waals surface area contributed by atoms with E-state index in [1.807, 2.05) is 7.05 Å². The molecule has 1 aliphatic rings. The smallest absolute Gasteiger partial charge is 0.119 e. The third-order valence-corrected chi connectivity index (χ3v) is 4.37. The predicted octanol–water partition coefficient (Wildman–Crippen LogP) is 3.56. The van der Waals surface area contributed by atoms with Crippen LogP contribution in [0.15, 0.2) is 48.5 Å². The summed E-state index contributed by atoms with van der Waals surface area (Å²) in [5.41, 5.74) is 4.28. The van der Waals surface area contributed by atoms with Gasteiger partial charge in [-0.25, -0.2) is 0 Å². The van der Waals surface area contributed by atoms with E-state index in [0.717, 1.165) is 25.2 Å². The van der Waals surface area contributed by atoms with Crippen LogP contribution in [-0.4, -0.2) is 19.7 Å². The average Bonchev–Trinajstić information content (AvgIpc) is 2.49. The Morgan fingerprint density at radius 2 is 1.90 bits per heavy atom. The molecule has 0 bridgehead atoms. The first kappa shape index (κ1) is 14.2. The van der Waals surface area contributed by atoms with Gasteiger partial charge in [-0.1, -0.05) is 36.4 Å². The molecule has 21 heavy (non-hydrogen) atoms. The normalized spacial score (nSPS) is 17.7. The van der Waals surface area contributed by atoms with E-state index in [9.17, 15) is 0 Å². The number of benzene rings is 2. The molecular formula is C19H23NO. The van der Waals surface area contributed by atoms with Crippen molar-refractivity contribution in [3.63, 3.8) is 0 Å². The Morgan fingerprint density at radius 3 is 2.62 bits per heavy atom. The van der Waals surface area contributed by atoms with E-state index < -0.39 is 0 Å². The first-order valence-corrected chi connectivity index (χ1v) is 7.73. The number of nitrogens with one attached hydrogen (secondary N) is 1. The molecule has 110 valence electrons. The van der Waals surface area contributed by atoms with Gasteiger partial charge in [-0.2, -0.15) is 0 Å². The van der Waals surface area contributed by atoms with Crippen LogP contribution in [0.25, 0.3) is 0 Å². The molecule has 0 aliphatic heterocycles. The van der Waals surface area contributed by atoms with E-state index in [1.54, 1.807) is 0 Å². The van der Waals surface area contributed by atoms with Gasteiger partial charge in [0.25, 0.3) is 0 Å². The maximum absolute atomic E-state index is 5.94. The molecule has 0 fully saturated rings. The van der Waals surface area contributed by atoms with E-state index in [0.29, 0.717) is 12.0 Å². The Bertz CT molecular complexity index is 591. The first-order valence-electron chi connectivity index (χ1n) is 7.73. The van der Waals surface area contributed by atoms with E-state index in [4.69, 9.17) is 4.74 Å². The van der Waals surface area contributed by atoms with Gasteiger partial charge in [-0.15, -0.1) is 0 Å². The van der Waals surface area contributed by atoms with E-state index in [-0.39, 0.29) is 0 Å². The fourth-order valence-electron chi connectivity index (χ4n) is 2.89. The van der Waals surface area contributed by atoms with Gasteiger partial charge < -0.3 is 10.1 Å². The molecule has 1 aliphatic carbocycles. The lowest BCUT2D eigenvalue weighted by Crippen LogP contribution is -2.23. The van der Waals surface area contributed by atoms with Gasteiger partial charge >= 0.3 is 0 Å². The number of likely N-dealkylation sites (N-methyl/N-ethyl adjacent to an activating group) is 1. The minimum absolute atomic E-state index is 0.503. The van der Waals surface area contributed by atoms with Crippen LogP contribution in [0.1, 0.15) is 29.5 Å². The molecule has 0 aromatic heterocycles. The molecule has 2 atom stereocenters. The van der Waals surface area contributed by atoms with Crippen molar-refractivity contribution in [2.75, 3.05) is 13.7 Å². The number of rotatable bonds is 6. The van der Waals surface area contributed by atoms with Crippen molar-refractivity contribution in [1.82, 2.24) is 5.32 Å². The van der Waals surface area contributed by atoms with Gasteiger partial charge in [-0.3, -0.25) is 0 Å². The summed E-state index contributed by atoms with van der Waals surface area (Å²) in [4.78, 5) is 0. The fourth-order valence-corrected chi connectivity index (χ4v) is 2.89. The summed E-state index contributed by atoms with van der Waals surface area (Å²) >= 11 is 0. The molecule has 1 N–H and O–H groups in total. The number of hydrogen-bond donors (Lipinski definition) is 1. The first-order chi connectivity index (χ1) is 10.3. The van der Waals surface area contributed by atoms with Crippen LogP contribution < -0.4 is 10.1 Å². The van der Waals surface area contributed by atoms with Gasteiger partial charge in [0.1, 0.15) is 5.75 Å². The second-order valence-corrected chi connectivity index (χ2v) is 5.95. The highest BCUT2D eigenvalue weighted by molar-refractivity contribution is 5.40. The molecule has 0 heterocycles. The van der Waals surface area contributed by atoms with Crippen molar-refractivity contribution in [3.8, 4) is 5.75 Å². The second kappa shape index (κ2) is 6.31. The summed E-state index contributed by atoms with van der Waals surface area (Å²) in [5, 5.41) is 3.26. The molecule has 0 saturated carbocycles. The standard InChI is InChI=1S/C19H23NO/c1-14(20-2)11-15-7-9-18(10-8-15)21-13-17-12-16-5-3-4-6-19(16)17/h3-10,14,17,20H,11-13H2,1-2H3. The average molecular weight is 281 g/mol. The van der Waals surface area contributed by atoms with Crippen LogP contribution in [0, 0.1) is 0 Å². The topological polar surface area (TPSA) is 21.3 Å². The van der Waals surface area contributed by atoms with Crippen LogP contribution in [0.5, 0.6) is 5.75 Å². The van der Waals surface area contributed by atoms with Crippen molar-refractivity contribution in [2.45, 2.75) is 31.7 Å². The monoisotopic (exact) mass is 281 g/mol. The second-order valence-electron chi connectivity index (χ2n) is 5.95. The summed E-state index contributed by atoms with van der Waals surface area (Å²) in [6.07, 6.45) is 2.20. The lowest BCUT2D eigenvalue weighted by molar-refractivity contribution is 0.275. The lowest BCUT2D eigenvalue weighted by Gasteiger charge is -2.29. The molecule has 0 radical (unpaired) electrons. The van der Waals surface area contributed by atoms with Gasteiger partial charge in [0.15, 0.2) is 0 Å². The SMILES string of the molecule is CNC(C)Cc1ccc(OCC2Cc3ccccc32)cc1. The van der Waals surface area contributed by atoms with Crippen molar-refractivity contribution in [1.29, 1.82) is 0 Å². The van der Waals surface area contributed by atoms with Gasteiger partial charge in [0.05, 0.1) is 6.61 Å². The maximum atomic E-state index is 5.94. The number of ether oxygens (including phenoxy) is 1. The third kappa shape index (κ3) is 3.27. The number of hydrogen-bond acceptors (Lipinski definition) is 2. The lowest BCUT2D eigenvalue weighted by atomic mass is 9.78. The molecule has 0 amide bonds. The summed E-state index contributed by atoms with van der Waals surface area (Å²) in [6.45, 7) is 2.97. The molecule has 3 rings (SSSR count). The maximum Gasteiger partial charge on any atom is 0.119 e. The molecule has 2 aromatic rings. The van der Waals surface area contributed by atoms with E-state index in [2.05, 4.69) is 60.8 Å². The van der Waals surface area contributed by atoms with Gasteiger partial charge in [-0.05, 0) is 55.6 Å². The summed E-state index contributed by atoms with van der Waals surface area (Å²) in [5.74, 6) is 1.53. The molecule has 0 spiro atoms. The Balaban J connectivity index is 1.53. The zero-order valence-electron chi connectivity index (χ0n) is 12.8. The molecule has 2 aromatic carbocycles. The quantitative estimate of drug-likeness (QED) is 0.874. The van der Waals surface area contributed by atoms with Crippen LogP contribution >= 0.6 is 0 Å². The van der Waals surface area contributed by atoms with Crippen molar-refractivity contribution >= 4 is 0 Å². The van der Waals surface area contributed by atoms with Crippen molar-refractivity contribution in [3.05, 3.63) is 65.2 Å². The van der Waals surface area contributed by atoms with E-state index >= 15 is 0 Å². The van der Waals surface area contributed by atoms with Gasteiger partial charge in [0.2, 0.25) is 0 Å². The highest BCUT2D eigenvalue weighted by Gasteiger charge is 2.25. The van der Waals surface area contributed by atoms with Crippen LogP contribution in [0.4, 0.5) is 0 Å². The highest BCUT2D eigenvalue weighted by atomic mass is 16.5. The zero-order valence-corrected chi connectivity index (χ0v) is 12.8. The Labute approximate surface area is 127 Å². The molecule has 2 unspecified atom stereocenters. The molecular weight excluding hydrogens is 258 g/mol. The predicted molar refractivity (Wildman–Crippen MR) is 87.0 cm³/mol. The highest BCUT2D eigenvalue weighted by Crippen LogP contribution is 2.35. The molecule has 2 heteroatoms. The van der Waals surface area contributed by atoms with Gasteiger partial charge in [0, 0.05) is 12.0 Å². The number of fused-ring (bicyclic) bond motifs is 1.